The predicted octanol–water partition coefficient (Wildman–Crippen LogP) is 5.00. The number of methoxy groups -OCH3 is 1. The van der Waals surface area contributed by atoms with E-state index in [1.165, 1.54) is 12.7 Å². The van der Waals surface area contributed by atoms with Gasteiger partial charge in [-0.15, -0.1) is 0 Å². The third kappa shape index (κ3) is 6.33. The fraction of sp³-hybridized carbons (Fsp3) is 0.438. The number of likely N-dealkylation sites (tertiary alicyclic amines) is 1. The van der Waals surface area contributed by atoms with Gasteiger partial charge in [-0.3, -0.25) is 0 Å². The molecule has 0 N–H and O–H groups in total. The normalized spacial score (nSPS) is 17.0. The van der Waals surface area contributed by atoms with Crippen LogP contribution in [0.4, 0.5) is 19.1 Å². The molecule has 10 nitrogen and oxygen atoms in total. The van der Waals surface area contributed by atoms with Gasteiger partial charge in [-0.05, 0) is 38.3 Å². The highest BCUT2D eigenvalue weighted by molar-refractivity contribution is 5.66. The highest BCUT2D eigenvalue weighted by atomic mass is 19.4. The van der Waals surface area contributed by atoms with E-state index in [1.54, 1.807) is 11.7 Å². The van der Waals surface area contributed by atoms with Gasteiger partial charge in [0.1, 0.15) is 24.0 Å². The fourth-order valence-corrected chi connectivity index (χ4v) is 5.53. The van der Waals surface area contributed by atoms with Crippen LogP contribution in [0.25, 0.3) is 22.8 Å². The molecule has 45 heavy (non-hydrogen) atoms. The second-order valence-electron chi connectivity index (χ2n) is 11.9. The van der Waals surface area contributed by atoms with Gasteiger partial charge in [-0.1, -0.05) is 36.1 Å². The Balaban J connectivity index is 1.18. The van der Waals surface area contributed by atoms with E-state index in [4.69, 9.17) is 9.72 Å². The topological polar surface area (TPSA) is 98.0 Å². The highest BCUT2D eigenvalue weighted by Crippen LogP contribution is 2.45. The van der Waals surface area contributed by atoms with E-state index in [0.717, 1.165) is 43.1 Å². The molecule has 2 aliphatic carbocycles. The minimum atomic E-state index is -4.52. The van der Waals surface area contributed by atoms with Crippen LogP contribution in [0.1, 0.15) is 54.6 Å². The number of rotatable bonds is 9. The van der Waals surface area contributed by atoms with Crippen LogP contribution in [-0.2, 0) is 12.7 Å². The molecule has 3 aromatic heterocycles. The van der Waals surface area contributed by atoms with Crippen molar-refractivity contribution in [2.45, 2.75) is 50.4 Å². The van der Waals surface area contributed by atoms with Gasteiger partial charge >= 0.3 is 6.18 Å². The first-order chi connectivity index (χ1) is 21.8. The summed E-state index contributed by atoms with van der Waals surface area (Å²) in [5.74, 6) is 8.96. The quantitative estimate of drug-likeness (QED) is 0.241. The third-order valence-corrected chi connectivity index (χ3v) is 8.26. The largest absolute Gasteiger partial charge is 0.480 e. The molecule has 2 saturated carbocycles. The molecule has 0 unspecified atom stereocenters. The molecular weight excluding hydrogens is 583 g/mol. The van der Waals surface area contributed by atoms with Crippen molar-refractivity contribution in [2.24, 2.45) is 5.92 Å². The lowest BCUT2D eigenvalue weighted by atomic mass is 10.1. The van der Waals surface area contributed by atoms with Crippen molar-refractivity contribution in [3.05, 3.63) is 60.1 Å². The van der Waals surface area contributed by atoms with Crippen LogP contribution in [0.5, 0.6) is 5.88 Å². The van der Waals surface area contributed by atoms with Crippen molar-refractivity contribution >= 4 is 5.95 Å². The van der Waals surface area contributed by atoms with Crippen LogP contribution in [-0.4, -0.2) is 73.2 Å². The molecule has 1 saturated heterocycles. The summed E-state index contributed by atoms with van der Waals surface area (Å²) in [6.45, 7) is 2.17. The summed E-state index contributed by atoms with van der Waals surface area (Å²) < 4.78 is 48.0. The summed E-state index contributed by atoms with van der Waals surface area (Å²) in [5.41, 5.74) is 2.20. The average Bonchev–Trinajstić information content (AvgIpc) is 3.97. The average molecular weight is 616 g/mol. The van der Waals surface area contributed by atoms with E-state index in [2.05, 4.69) is 41.7 Å². The van der Waals surface area contributed by atoms with Crippen molar-refractivity contribution < 1.29 is 17.9 Å². The number of hydrogen-bond donors (Lipinski definition) is 0. The van der Waals surface area contributed by atoms with Crippen LogP contribution in [0.3, 0.4) is 0 Å². The van der Waals surface area contributed by atoms with E-state index in [-0.39, 0.29) is 6.04 Å². The Kier molecular flexibility index (Phi) is 7.61. The number of nitrogens with zero attached hydrogens (tertiary/aromatic N) is 9. The number of aromatic nitrogens is 7. The van der Waals surface area contributed by atoms with Gasteiger partial charge in [0.2, 0.25) is 11.8 Å². The van der Waals surface area contributed by atoms with E-state index in [1.807, 2.05) is 36.2 Å². The molecular formula is C32H32F3N9O. The summed E-state index contributed by atoms with van der Waals surface area (Å²) in [7, 11) is 3.51. The zero-order chi connectivity index (χ0) is 31.1. The maximum absolute atomic E-state index is 13.6. The molecule has 4 aromatic rings. The Morgan fingerprint density at radius 1 is 0.978 bits per heavy atom. The summed E-state index contributed by atoms with van der Waals surface area (Å²) >= 11 is 0. The van der Waals surface area contributed by atoms with Crippen LogP contribution in [0.2, 0.25) is 0 Å². The Bertz CT molecular complexity index is 1750. The van der Waals surface area contributed by atoms with Gasteiger partial charge in [0.25, 0.3) is 0 Å². The Hall–Kier alpha value is -4.57. The smallest absolute Gasteiger partial charge is 0.434 e. The van der Waals surface area contributed by atoms with Crippen molar-refractivity contribution in [1.82, 2.24) is 39.4 Å². The molecule has 3 fully saturated rings. The lowest BCUT2D eigenvalue weighted by Crippen LogP contribution is -2.44. The van der Waals surface area contributed by atoms with Crippen LogP contribution >= 0.6 is 0 Å². The summed E-state index contributed by atoms with van der Waals surface area (Å²) in [4.78, 5) is 30.6. The van der Waals surface area contributed by atoms with E-state index in [0.29, 0.717) is 72.6 Å². The van der Waals surface area contributed by atoms with Crippen molar-refractivity contribution in [2.75, 3.05) is 38.7 Å². The van der Waals surface area contributed by atoms with Gasteiger partial charge < -0.3 is 19.1 Å². The van der Waals surface area contributed by atoms with Gasteiger partial charge in [-0.25, -0.2) is 24.9 Å². The first-order valence-corrected chi connectivity index (χ1v) is 15.0. The standard InChI is InChI=1S/C32H32F3N9O/c1-42-15-24(16-42)44-17-25(32(33,34)35)40-29(44)23-9-7-21(8-10-23)14-43(13-3-4-20-5-6-20)31-39-19-37-28(41-31)26-27(22-11-12-22)36-18-38-30(26)45-2/h7-10,17-20,22,24H,5-6,11-16H2,1-2H3. The maximum Gasteiger partial charge on any atom is 0.434 e. The second kappa shape index (κ2) is 11.7. The molecule has 1 aromatic carbocycles. The Morgan fingerprint density at radius 3 is 2.40 bits per heavy atom. The predicted molar refractivity (Wildman–Crippen MR) is 160 cm³/mol. The lowest BCUT2D eigenvalue weighted by Gasteiger charge is -2.37. The fourth-order valence-electron chi connectivity index (χ4n) is 5.53. The molecule has 3 aliphatic rings. The molecule has 4 heterocycles. The monoisotopic (exact) mass is 615 g/mol. The molecule has 232 valence electrons. The van der Waals surface area contributed by atoms with E-state index >= 15 is 0 Å². The van der Waals surface area contributed by atoms with E-state index < -0.39 is 11.9 Å². The maximum atomic E-state index is 13.6. The van der Waals surface area contributed by atoms with E-state index in [9.17, 15) is 13.2 Å². The second-order valence-corrected chi connectivity index (χ2v) is 11.9. The molecule has 13 heteroatoms. The van der Waals surface area contributed by atoms with Crippen LogP contribution < -0.4 is 9.64 Å². The number of hydrogen-bond acceptors (Lipinski definition) is 9. The van der Waals surface area contributed by atoms with Gasteiger partial charge in [0, 0.05) is 43.2 Å². The molecule has 1 aliphatic heterocycles. The molecule has 0 atom stereocenters. The SMILES string of the molecule is COc1ncnc(C2CC2)c1-c1ncnc(N(CC#CC2CC2)Cc2ccc(-c3nc(C(F)(F)F)cn3C3CN(C)C3)cc2)n1. The first-order valence-electron chi connectivity index (χ1n) is 15.0. The number of anilines is 1. The number of likely N-dealkylation sites (N-methyl/N-ethyl adjacent to an activating group) is 1. The zero-order valence-corrected chi connectivity index (χ0v) is 25.0. The number of benzene rings is 1. The number of halogens is 3. The molecule has 0 bridgehead atoms. The lowest BCUT2D eigenvalue weighted by molar-refractivity contribution is -0.141. The Labute approximate surface area is 258 Å². The van der Waals surface area contributed by atoms with Crippen LogP contribution in [0.15, 0.2) is 43.1 Å². The summed E-state index contributed by atoms with van der Waals surface area (Å²) in [5, 5.41) is 0. The number of imidazole rings is 1. The zero-order valence-electron chi connectivity index (χ0n) is 25.0. The molecule has 7 rings (SSSR count). The van der Waals surface area contributed by atoms with Gasteiger partial charge in [0.15, 0.2) is 11.5 Å². The summed E-state index contributed by atoms with van der Waals surface area (Å²) in [6.07, 6.45) is 3.90. The number of alkyl halides is 3. The molecule has 0 spiro atoms. The van der Waals surface area contributed by atoms with Gasteiger partial charge in [0.05, 0.1) is 25.4 Å². The number of ether oxygens (including phenoxy) is 1. The van der Waals surface area contributed by atoms with Crippen LogP contribution in [0, 0.1) is 17.8 Å². The highest BCUT2D eigenvalue weighted by Gasteiger charge is 2.37. The van der Waals surface area contributed by atoms with Crippen molar-refractivity contribution in [3.63, 3.8) is 0 Å². The minimum absolute atomic E-state index is 0.0547. The minimum Gasteiger partial charge on any atom is -0.480 e. The Morgan fingerprint density at radius 2 is 1.73 bits per heavy atom. The molecule has 0 amide bonds. The molecule has 0 radical (unpaired) electrons. The van der Waals surface area contributed by atoms with Crippen molar-refractivity contribution in [1.29, 1.82) is 0 Å². The van der Waals surface area contributed by atoms with Crippen molar-refractivity contribution in [3.8, 4) is 40.5 Å². The first kappa shape index (κ1) is 29.2. The third-order valence-electron chi connectivity index (χ3n) is 8.26. The summed E-state index contributed by atoms with van der Waals surface area (Å²) in [6, 6.07) is 7.38. The van der Waals surface area contributed by atoms with Gasteiger partial charge in [-0.2, -0.15) is 18.2 Å².